The minimum absolute atomic E-state index is 0.354. The maximum atomic E-state index is 6.37. The second-order valence-electron chi connectivity index (χ2n) is 6.05. The fourth-order valence-electron chi connectivity index (χ4n) is 2.70. The lowest BCUT2D eigenvalue weighted by molar-refractivity contribution is 0.247. The van der Waals surface area contributed by atoms with E-state index < -0.39 is 0 Å². The molecule has 3 N–H and O–H groups in total. The lowest BCUT2D eigenvalue weighted by atomic mass is 10.2. The number of hydrogen-bond donors (Lipinski definition) is 2. The molecular weight excluding hydrogens is 378 g/mol. The summed E-state index contributed by atoms with van der Waals surface area (Å²) in [6.45, 7) is 1.07. The van der Waals surface area contributed by atoms with Gasteiger partial charge in [0, 0.05) is 12.0 Å². The fraction of sp³-hybridized carbons (Fsp3) is 0.150. The van der Waals surface area contributed by atoms with Gasteiger partial charge in [0.25, 0.3) is 0 Å². The van der Waals surface area contributed by atoms with Crippen molar-refractivity contribution in [3.05, 3.63) is 59.9 Å². The minimum atomic E-state index is 0.354. The van der Waals surface area contributed by atoms with E-state index in [-0.39, 0.29) is 0 Å². The van der Waals surface area contributed by atoms with Crippen LogP contribution in [0, 0.1) is 0 Å². The number of halogens is 1. The number of ether oxygens (including phenoxy) is 2. The zero-order valence-corrected chi connectivity index (χ0v) is 15.7. The zero-order valence-electron chi connectivity index (χ0n) is 14.9. The summed E-state index contributed by atoms with van der Waals surface area (Å²) in [7, 11) is 0. The molecule has 0 spiro atoms. The summed E-state index contributed by atoms with van der Waals surface area (Å²) in [6.07, 6.45) is 2.13. The van der Waals surface area contributed by atoms with Gasteiger partial charge in [0.05, 0.1) is 18.2 Å². The molecule has 0 saturated heterocycles. The van der Waals surface area contributed by atoms with Crippen LogP contribution >= 0.6 is 11.6 Å². The monoisotopic (exact) mass is 395 g/mol. The van der Waals surface area contributed by atoms with E-state index in [0.29, 0.717) is 46.8 Å². The molecule has 2 aromatic heterocycles. The van der Waals surface area contributed by atoms with Crippen molar-refractivity contribution in [3.63, 3.8) is 0 Å². The minimum Gasteiger partial charge on any atom is -0.493 e. The number of imidazole rings is 1. The van der Waals surface area contributed by atoms with Gasteiger partial charge in [0.15, 0.2) is 11.5 Å². The van der Waals surface area contributed by atoms with E-state index in [1.54, 1.807) is 6.07 Å². The molecule has 142 valence electrons. The Kier molecular flexibility index (Phi) is 5.25. The third-order valence-corrected chi connectivity index (χ3v) is 4.38. The van der Waals surface area contributed by atoms with Crippen molar-refractivity contribution in [1.29, 1.82) is 0 Å². The van der Waals surface area contributed by atoms with E-state index in [1.807, 2.05) is 42.5 Å². The molecule has 0 radical (unpaired) electrons. The van der Waals surface area contributed by atoms with Crippen LogP contribution in [0.3, 0.4) is 0 Å². The molecule has 0 amide bonds. The smallest absolute Gasteiger partial charge is 0.183 e. The van der Waals surface area contributed by atoms with E-state index in [4.69, 9.17) is 26.8 Å². The summed E-state index contributed by atoms with van der Waals surface area (Å²) in [5.74, 6) is 2.43. The van der Waals surface area contributed by atoms with Crippen molar-refractivity contribution in [2.45, 2.75) is 6.42 Å². The molecule has 0 atom stereocenters. The molecule has 0 bridgehead atoms. The van der Waals surface area contributed by atoms with Crippen molar-refractivity contribution in [3.8, 4) is 22.9 Å². The van der Waals surface area contributed by atoms with Gasteiger partial charge in [-0.25, -0.2) is 15.0 Å². The summed E-state index contributed by atoms with van der Waals surface area (Å²) in [5, 5.41) is 0.501. The lowest BCUT2D eigenvalue weighted by Gasteiger charge is -2.10. The average Bonchev–Trinajstić information content (AvgIpc) is 3.15. The zero-order chi connectivity index (χ0) is 19.3. The van der Waals surface area contributed by atoms with E-state index >= 15 is 0 Å². The molecule has 0 aliphatic rings. The molecule has 4 aromatic rings. The van der Waals surface area contributed by atoms with E-state index in [1.165, 1.54) is 6.33 Å². The summed E-state index contributed by atoms with van der Waals surface area (Å²) in [6, 6.07) is 15.2. The number of aromatic amines is 1. The van der Waals surface area contributed by atoms with Gasteiger partial charge in [-0.1, -0.05) is 29.8 Å². The van der Waals surface area contributed by atoms with Gasteiger partial charge >= 0.3 is 0 Å². The summed E-state index contributed by atoms with van der Waals surface area (Å²) >= 11 is 6.37. The number of aromatic nitrogens is 4. The highest BCUT2D eigenvalue weighted by Gasteiger charge is 2.11. The van der Waals surface area contributed by atoms with Crippen LogP contribution in [0.1, 0.15) is 6.42 Å². The van der Waals surface area contributed by atoms with Crippen LogP contribution < -0.4 is 15.2 Å². The number of nitrogens with one attached hydrogen (secondary N) is 1. The Morgan fingerprint density at radius 3 is 2.61 bits per heavy atom. The SMILES string of the molecule is Nc1ncnc2nc(-c3ccc(OCCCOc4ccccc4)c(Cl)c3)[nH]c12. The predicted molar refractivity (Wildman–Crippen MR) is 109 cm³/mol. The van der Waals surface area contributed by atoms with Gasteiger partial charge in [0.2, 0.25) is 0 Å². The quantitative estimate of drug-likeness (QED) is 0.457. The first kappa shape index (κ1) is 18.1. The lowest BCUT2D eigenvalue weighted by Crippen LogP contribution is -2.05. The van der Waals surface area contributed by atoms with Crippen molar-refractivity contribution in [2.24, 2.45) is 0 Å². The first-order valence-electron chi connectivity index (χ1n) is 8.77. The van der Waals surface area contributed by atoms with Crippen LogP contribution in [0.15, 0.2) is 54.9 Å². The molecule has 0 aliphatic heterocycles. The number of benzene rings is 2. The van der Waals surface area contributed by atoms with Crippen LogP contribution in [0.2, 0.25) is 5.02 Å². The van der Waals surface area contributed by atoms with Gasteiger partial charge in [-0.05, 0) is 30.3 Å². The topological polar surface area (TPSA) is 98.9 Å². The first-order valence-corrected chi connectivity index (χ1v) is 9.15. The highest BCUT2D eigenvalue weighted by atomic mass is 35.5. The third-order valence-electron chi connectivity index (χ3n) is 4.08. The number of nitrogen functional groups attached to an aromatic ring is 1. The molecule has 0 saturated carbocycles. The maximum Gasteiger partial charge on any atom is 0.183 e. The number of rotatable bonds is 7. The molecule has 8 heteroatoms. The number of nitrogens with zero attached hydrogens (tertiary/aromatic N) is 3. The van der Waals surface area contributed by atoms with Gasteiger partial charge in [-0.2, -0.15) is 0 Å². The molecule has 2 aromatic carbocycles. The second-order valence-corrected chi connectivity index (χ2v) is 6.46. The van der Waals surface area contributed by atoms with Gasteiger partial charge in [0.1, 0.15) is 29.2 Å². The van der Waals surface area contributed by atoms with Crippen molar-refractivity contribution in [1.82, 2.24) is 19.9 Å². The Labute approximate surface area is 166 Å². The Hall–Kier alpha value is -3.32. The van der Waals surface area contributed by atoms with E-state index in [9.17, 15) is 0 Å². The first-order chi connectivity index (χ1) is 13.7. The average molecular weight is 396 g/mol. The molecule has 2 heterocycles. The second kappa shape index (κ2) is 8.14. The van der Waals surface area contributed by atoms with Crippen LogP contribution in [0.25, 0.3) is 22.6 Å². The normalized spacial score (nSPS) is 10.9. The Balaban J connectivity index is 1.36. The molecule has 0 aliphatic carbocycles. The largest absolute Gasteiger partial charge is 0.493 e. The number of hydrogen-bond acceptors (Lipinski definition) is 6. The molecule has 4 rings (SSSR count). The number of nitrogens with two attached hydrogens (primary N) is 1. The highest BCUT2D eigenvalue weighted by molar-refractivity contribution is 6.32. The number of anilines is 1. The molecule has 7 nitrogen and oxygen atoms in total. The molecule has 0 fully saturated rings. The number of H-pyrrole nitrogens is 1. The molecule has 28 heavy (non-hydrogen) atoms. The third kappa shape index (κ3) is 3.99. The maximum absolute atomic E-state index is 6.37. The Morgan fingerprint density at radius 2 is 1.82 bits per heavy atom. The van der Waals surface area contributed by atoms with Gasteiger partial charge < -0.3 is 20.2 Å². The van der Waals surface area contributed by atoms with Crippen LogP contribution in [-0.2, 0) is 0 Å². The van der Waals surface area contributed by atoms with E-state index in [0.717, 1.165) is 17.7 Å². The predicted octanol–water partition coefficient (Wildman–Crippen LogP) is 4.10. The standard InChI is InChI=1S/C20H18ClN5O2/c21-15-11-13(19-25-17-18(22)23-12-24-20(17)26-19)7-8-16(15)28-10-4-9-27-14-5-2-1-3-6-14/h1-3,5-8,11-12H,4,9-10H2,(H3,22,23,24,25,26). The number of fused-ring (bicyclic) bond motifs is 1. The fourth-order valence-corrected chi connectivity index (χ4v) is 2.93. The van der Waals surface area contributed by atoms with Crippen LogP contribution in [0.4, 0.5) is 5.82 Å². The van der Waals surface area contributed by atoms with Crippen LogP contribution in [-0.4, -0.2) is 33.1 Å². The van der Waals surface area contributed by atoms with Crippen LogP contribution in [0.5, 0.6) is 11.5 Å². The molecule has 0 unspecified atom stereocenters. The summed E-state index contributed by atoms with van der Waals surface area (Å²) < 4.78 is 11.4. The van der Waals surface area contributed by atoms with Gasteiger partial charge in [-0.3, -0.25) is 0 Å². The van der Waals surface area contributed by atoms with Gasteiger partial charge in [-0.15, -0.1) is 0 Å². The Bertz CT molecular complexity index is 1080. The van der Waals surface area contributed by atoms with Crippen molar-refractivity contribution < 1.29 is 9.47 Å². The summed E-state index contributed by atoms with van der Waals surface area (Å²) in [4.78, 5) is 15.6. The molecular formula is C20H18ClN5O2. The van der Waals surface area contributed by atoms with Crippen molar-refractivity contribution >= 4 is 28.6 Å². The number of para-hydroxylation sites is 1. The van der Waals surface area contributed by atoms with E-state index in [2.05, 4.69) is 19.9 Å². The summed E-state index contributed by atoms with van der Waals surface area (Å²) in [5.41, 5.74) is 7.76. The Morgan fingerprint density at radius 1 is 1.00 bits per heavy atom. The highest BCUT2D eigenvalue weighted by Crippen LogP contribution is 2.30. The van der Waals surface area contributed by atoms with Crippen molar-refractivity contribution in [2.75, 3.05) is 18.9 Å².